The molecule has 12 nitrogen and oxygen atoms in total. The second kappa shape index (κ2) is 6.46. The molecule has 120 valence electrons. The van der Waals surface area contributed by atoms with Crippen LogP contribution in [0.3, 0.4) is 0 Å². The molecule has 5 heterocycles. The second-order valence-electron chi connectivity index (χ2n) is 4.64. The molecular formula is C8H4Na2O12Sb2. The number of hydrogen-bond donors (Lipinski definition) is 0. The minimum absolute atomic E-state index is 0. The van der Waals surface area contributed by atoms with Gasteiger partial charge in [0.15, 0.2) is 0 Å². The summed E-state index contributed by atoms with van der Waals surface area (Å²) in [6.07, 6.45) is -6.06. The Morgan fingerprint density at radius 1 is 0.500 bits per heavy atom. The Kier molecular flexibility index (Phi) is 5.41. The largest absolute Gasteiger partial charge is 1.00 e. The molecule has 0 radical (unpaired) electrons. The molecule has 0 saturated carbocycles. The molecule has 5 rings (SSSR count). The minimum Gasteiger partial charge on any atom is 1.00 e. The van der Waals surface area contributed by atoms with E-state index in [9.17, 15) is 19.2 Å². The first-order valence-electron chi connectivity index (χ1n) is 5.86. The van der Waals surface area contributed by atoms with E-state index in [1.807, 2.05) is 0 Å². The molecule has 5 aliphatic rings. The topological polar surface area (TPSA) is 142 Å². The van der Waals surface area contributed by atoms with E-state index in [1.54, 1.807) is 0 Å². The number of carbonyl (C=O) groups is 4. The predicted octanol–water partition coefficient (Wildman–Crippen LogP) is -9.35. The van der Waals surface area contributed by atoms with E-state index in [0.717, 1.165) is 0 Å². The second-order valence-corrected chi connectivity index (χ2v) is 14.2. The number of fused-ring (bicyclic) bond motifs is 6. The van der Waals surface area contributed by atoms with E-state index in [4.69, 9.17) is 24.1 Å². The van der Waals surface area contributed by atoms with Crippen molar-refractivity contribution in [2.75, 3.05) is 0 Å². The zero-order valence-corrected chi connectivity index (χ0v) is 21.2. The Morgan fingerprint density at radius 2 is 0.708 bits per heavy atom. The maximum Gasteiger partial charge on any atom is 1.00 e. The third-order valence-corrected chi connectivity index (χ3v) is 13.4. The summed E-state index contributed by atoms with van der Waals surface area (Å²) in [6, 6.07) is 0. The van der Waals surface area contributed by atoms with Crippen LogP contribution in [0.1, 0.15) is 0 Å². The van der Waals surface area contributed by atoms with Gasteiger partial charge in [-0.05, 0) is 0 Å². The third kappa shape index (κ3) is 2.73. The van der Waals surface area contributed by atoms with Crippen LogP contribution in [0.25, 0.3) is 0 Å². The van der Waals surface area contributed by atoms with Gasteiger partial charge in [0.05, 0.1) is 0 Å². The van der Waals surface area contributed by atoms with Crippen LogP contribution in [0.5, 0.6) is 0 Å². The van der Waals surface area contributed by atoms with Crippen LogP contribution < -0.4 is 59.1 Å². The van der Waals surface area contributed by atoms with Crippen LogP contribution in [0.2, 0.25) is 0 Å². The third-order valence-electron chi connectivity index (χ3n) is 3.26. The molecule has 0 aliphatic carbocycles. The first-order chi connectivity index (χ1) is 10.4. The maximum absolute atomic E-state index is 11.9. The van der Waals surface area contributed by atoms with Crippen molar-refractivity contribution in [3.8, 4) is 0 Å². The standard InChI is InChI=1S/2C4H4O6.2Na.2Sb/c2*5-1(3(7)8)2(6)4(9)10;;;;/h2*1-2H,(H,7,8)(H,9,10);;;;/q2*-2;2*+1;2*+3/p-4/t2*1-,2-;;;;/m00..../s1. The Balaban J connectivity index is 0.000000845. The van der Waals surface area contributed by atoms with E-state index in [0.29, 0.717) is 0 Å². The van der Waals surface area contributed by atoms with Crippen LogP contribution in [0.15, 0.2) is 0 Å². The number of hydrogen-bond acceptors (Lipinski definition) is 12. The van der Waals surface area contributed by atoms with E-state index in [-0.39, 0.29) is 59.1 Å². The predicted molar refractivity (Wildman–Crippen MR) is 55.4 cm³/mol. The molecule has 24 heavy (non-hydrogen) atoms. The Hall–Kier alpha value is 1.36. The summed E-state index contributed by atoms with van der Waals surface area (Å²) < 4.78 is 41.0. The van der Waals surface area contributed by atoms with Crippen molar-refractivity contribution >= 4 is 64.8 Å². The first kappa shape index (κ1) is 20.1. The smallest absolute Gasteiger partial charge is 1.00 e. The van der Waals surface area contributed by atoms with Crippen molar-refractivity contribution in [1.29, 1.82) is 0 Å². The van der Waals surface area contributed by atoms with Crippen LogP contribution in [0.4, 0.5) is 0 Å². The van der Waals surface area contributed by atoms with Gasteiger partial charge in [0.25, 0.3) is 0 Å². The molecular weight excluding hydrogens is 578 g/mol. The Bertz CT molecular complexity index is 557. The molecule has 16 heteroatoms. The summed E-state index contributed by atoms with van der Waals surface area (Å²) >= 11 is -9.74. The average Bonchev–Trinajstić information content (AvgIpc) is 3.09. The fourth-order valence-corrected chi connectivity index (χ4v) is 13.0. The molecule has 4 atom stereocenters. The van der Waals surface area contributed by atoms with Crippen molar-refractivity contribution < 1.29 is 102 Å². The van der Waals surface area contributed by atoms with E-state index >= 15 is 0 Å². The molecule has 5 saturated heterocycles. The molecule has 0 aromatic carbocycles. The minimum atomic E-state index is -4.87. The van der Waals surface area contributed by atoms with E-state index in [1.165, 1.54) is 0 Å². The van der Waals surface area contributed by atoms with Gasteiger partial charge in [0.1, 0.15) is 0 Å². The SMILES string of the molecule is O=C1[O][Sb-]23[O]C(=O)[C@@H]([O]2)[C@@H]2[O][Sb-]4([O]C(=O)[C@@H]([O]4)[C@@H]1[O]3)[O]C2=O.[Na+].[Na+]. The molecule has 0 amide bonds. The van der Waals surface area contributed by atoms with Crippen LogP contribution in [-0.4, -0.2) is 89.3 Å². The zero-order valence-electron chi connectivity index (χ0n) is 12.1. The van der Waals surface area contributed by atoms with Crippen molar-refractivity contribution in [3.05, 3.63) is 0 Å². The molecule has 0 unspecified atom stereocenters. The summed E-state index contributed by atoms with van der Waals surface area (Å²) in [7, 11) is 0. The van der Waals surface area contributed by atoms with Gasteiger partial charge in [-0.2, -0.15) is 0 Å². The zero-order chi connectivity index (χ0) is 15.3. The van der Waals surface area contributed by atoms with Gasteiger partial charge < -0.3 is 0 Å². The van der Waals surface area contributed by atoms with Gasteiger partial charge in [-0.25, -0.2) is 0 Å². The van der Waals surface area contributed by atoms with Gasteiger partial charge in [0.2, 0.25) is 0 Å². The fraction of sp³-hybridized carbons (Fsp3) is 0.500. The number of rotatable bonds is 0. The molecule has 0 N–H and O–H groups in total. The summed E-state index contributed by atoms with van der Waals surface area (Å²) in [4.78, 5) is 47.6. The first-order valence-corrected chi connectivity index (χ1v) is 14.2. The summed E-state index contributed by atoms with van der Waals surface area (Å²) in [5, 5.41) is 0. The van der Waals surface area contributed by atoms with Gasteiger partial charge >= 0.3 is 192 Å². The monoisotopic (exact) mass is 580 g/mol. The molecule has 5 aliphatic heterocycles. The van der Waals surface area contributed by atoms with Crippen molar-refractivity contribution in [3.63, 3.8) is 0 Å². The van der Waals surface area contributed by atoms with Crippen molar-refractivity contribution in [1.82, 2.24) is 0 Å². The van der Waals surface area contributed by atoms with E-state index < -0.39 is 89.3 Å². The van der Waals surface area contributed by atoms with E-state index in [2.05, 4.69) is 0 Å². The Morgan fingerprint density at radius 3 is 0.917 bits per heavy atom. The van der Waals surface area contributed by atoms with Gasteiger partial charge in [-0.15, -0.1) is 0 Å². The van der Waals surface area contributed by atoms with Crippen LogP contribution in [0, 0.1) is 0 Å². The maximum atomic E-state index is 11.9. The fourth-order valence-electron chi connectivity index (χ4n) is 2.35. The number of carbonyl (C=O) groups excluding carboxylic acids is 4. The molecule has 2 spiro atoms. The quantitative estimate of drug-likeness (QED) is 0.251. The molecule has 5 fully saturated rings. The Labute approximate surface area is 189 Å². The molecule has 6 bridgehead atoms. The normalized spacial score (nSPS) is 52.3. The average molecular weight is 582 g/mol. The van der Waals surface area contributed by atoms with Crippen LogP contribution >= 0.6 is 0 Å². The summed E-state index contributed by atoms with van der Waals surface area (Å²) in [6.45, 7) is 0. The molecule has 0 aromatic heterocycles. The van der Waals surface area contributed by atoms with Crippen molar-refractivity contribution in [2.24, 2.45) is 0 Å². The summed E-state index contributed by atoms with van der Waals surface area (Å²) in [5.41, 5.74) is 0. The van der Waals surface area contributed by atoms with Gasteiger partial charge in [-0.3, -0.25) is 0 Å². The van der Waals surface area contributed by atoms with Gasteiger partial charge in [-0.1, -0.05) is 0 Å². The van der Waals surface area contributed by atoms with Gasteiger partial charge in [0, 0.05) is 0 Å². The van der Waals surface area contributed by atoms with Crippen LogP contribution in [-0.2, 0) is 43.3 Å². The molecule has 0 aromatic rings. The van der Waals surface area contributed by atoms with Crippen molar-refractivity contribution in [2.45, 2.75) is 24.4 Å². The summed E-state index contributed by atoms with van der Waals surface area (Å²) in [5.74, 6) is -3.86.